The first-order valence-electron chi connectivity index (χ1n) is 8.52. The summed E-state index contributed by atoms with van der Waals surface area (Å²) in [5, 5.41) is 2.85. The number of benzene rings is 1. The molecule has 1 N–H and O–H groups in total. The van der Waals surface area contributed by atoms with Crippen molar-refractivity contribution in [2.24, 2.45) is 11.8 Å². The molecule has 24 heavy (non-hydrogen) atoms. The van der Waals surface area contributed by atoms with Crippen LogP contribution in [0.25, 0.3) is 0 Å². The van der Waals surface area contributed by atoms with Gasteiger partial charge >= 0.3 is 0 Å². The Morgan fingerprint density at radius 1 is 1.25 bits per heavy atom. The molecule has 2 aliphatic rings. The van der Waals surface area contributed by atoms with E-state index in [9.17, 15) is 9.59 Å². The lowest BCUT2D eigenvalue weighted by Gasteiger charge is -2.28. The van der Waals surface area contributed by atoms with Gasteiger partial charge in [-0.15, -0.1) is 0 Å². The van der Waals surface area contributed by atoms with E-state index in [1.807, 2.05) is 24.3 Å². The first kappa shape index (κ1) is 16.8. The van der Waals surface area contributed by atoms with E-state index in [2.05, 4.69) is 17.1 Å². The summed E-state index contributed by atoms with van der Waals surface area (Å²) in [4.78, 5) is 27.9. The molecule has 1 aliphatic heterocycles. The number of anilines is 2. The van der Waals surface area contributed by atoms with Crippen LogP contribution in [0, 0.1) is 11.8 Å². The van der Waals surface area contributed by atoms with Crippen LogP contribution < -0.4 is 10.2 Å². The van der Waals surface area contributed by atoms with Gasteiger partial charge in [-0.25, -0.2) is 0 Å². The van der Waals surface area contributed by atoms with Crippen LogP contribution in [0.4, 0.5) is 11.4 Å². The fourth-order valence-corrected chi connectivity index (χ4v) is 3.02. The van der Waals surface area contributed by atoms with Crippen LogP contribution in [0.15, 0.2) is 24.3 Å². The van der Waals surface area contributed by atoms with E-state index in [0.29, 0.717) is 5.92 Å². The molecule has 1 saturated carbocycles. The number of morpholine rings is 1. The Hall–Kier alpha value is -2.08. The van der Waals surface area contributed by atoms with Gasteiger partial charge in [0.15, 0.2) is 0 Å². The van der Waals surface area contributed by atoms with Crippen molar-refractivity contribution < 1.29 is 14.3 Å². The lowest BCUT2D eigenvalue weighted by atomic mass is 10.2. The Balaban J connectivity index is 1.49. The minimum atomic E-state index is -0.168. The molecular weight excluding hydrogens is 306 g/mol. The van der Waals surface area contributed by atoms with Crippen LogP contribution in [-0.2, 0) is 14.3 Å². The number of amides is 2. The molecule has 0 aromatic heterocycles. The van der Waals surface area contributed by atoms with Gasteiger partial charge in [-0.05, 0) is 36.6 Å². The molecule has 1 saturated heterocycles. The van der Waals surface area contributed by atoms with Gasteiger partial charge < -0.3 is 19.9 Å². The molecule has 2 atom stereocenters. The van der Waals surface area contributed by atoms with Crippen molar-refractivity contribution in [2.45, 2.75) is 13.3 Å². The van der Waals surface area contributed by atoms with E-state index in [1.54, 1.807) is 7.05 Å². The second-order valence-electron chi connectivity index (χ2n) is 6.71. The van der Waals surface area contributed by atoms with Crippen molar-refractivity contribution >= 4 is 23.2 Å². The second-order valence-corrected chi connectivity index (χ2v) is 6.71. The Kier molecular flexibility index (Phi) is 5.04. The largest absolute Gasteiger partial charge is 0.378 e. The van der Waals surface area contributed by atoms with Gasteiger partial charge in [0.1, 0.15) is 0 Å². The molecule has 0 spiro atoms. The summed E-state index contributed by atoms with van der Waals surface area (Å²) in [6.07, 6.45) is 0.938. The standard InChI is InChI=1S/C18H25N3O3/c1-13-11-16(13)18(23)20(2)12-17(22)19-14-3-5-15(6-4-14)21-7-9-24-10-8-21/h3-6,13,16H,7-12H2,1-2H3,(H,19,22)/t13-,16-/m1/s1. The number of likely N-dealkylation sites (N-methyl/N-ethyl adjacent to an activating group) is 1. The normalized spacial score (nSPS) is 22.8. The Bertz CT molecular complexity index is 596. The highest BCUT2D eigenvalue weighted by Crippen LogP contribution is 2.38. The Morgan fingerprint density at radius 2 is 1.88 bits per heavy atom. The number of hydrogen-bond donors (Lipinski definition) is 1. The molecule has 1 aliphatic carbocycles. The quantitative estimate of drug-likeness (QED) is 0.890. The zero-order chi connectivity index (χ0) is 17.1. The molecule has 1 heterocycles. The van der Waals surface area contributed by atoms with E-state index in [-0.39, 0.29) is 24.3 Å². The number of nitrogens with one attached hydrogen (secondary N) is 1. The fraction of sp³-hybridized carbons (Fsp3) is 0.556. The Morgan fingerprint density at radius 3 is 2.46 bits per heavy atom. The summed E-state index contributed by atoms with van der Waals surface area (Å²) in [5.74, 6) is 0.463. The zero-order valence-electron chi connectivity index (χ0n) is 14.3. The maximum atomic E-state index is 12.1. The molecular formula is C18H25N3O3. The van der Waals surface area contributed by atoms with E-state index < -0.39 is 0 Å². The number of ether oxygens (including phenoxy) is 1. The third-order valence-electron chi connectivity index (χ3n) is 4.71. The summed E-state index contributed by atoms with van der Waals surface area (Å²) in [6.45, 7) is 5.42. The molecule has 0 radical (unpaired) electrons. The van der Waals surface area contributed by atoms with Gasteiger partial charge in [0.05, 0.1) is 19.8 Å². The summed E-state index contributed by atoms with van der Waals surface area (Å²) in [7, 11) is 1.69. The van der Waals surface area contributed by atoms with Gasteiger partial charge in [-0.3, -0.25) is 9.59 Å². The van der Waals surface area contributed by atoms with Crippen molar-refractivity contribution in [3.8, 4) is 0 Å². The number of rotatable bonds is 5. The molecule has 6 nitrogen and oxygen atoms in total. The Labute approximate surface area is 142 Å². The SMILES string of the molecule is C[C@@H]1C[C@H]1C(=O)N(C)CC(=O)Nc1ccc(N2CCOCC2)cc1. The molecule has 1 aromatic rings. The van der Waals surface area contributed by atoms with Gasteiger partial charge in [-0.1, -0.05) is 6.92 Å². The van der Waals surface area contributed by atoms with Crippen LogP contribution in [0.3, 0.4) is 0 Å². The highest BCUT2D eigenvalue weighted by atomic mass is 16.5. The van der Waals surface area contributed by atoms with E-state index in [0.717, 1.165) is 44.1 Å². The van der Waals surface area contributed by atoms with Gasteiger partial charge in [0, 0.05) is 37.4 Å². The second kappa shape index (κ2) is 7.21. The van der Waals surface area contributed by atoms with Crippen LogP contribution in [0.5, 0.6) is 0 Å². The summed E-state index contributed by atoms with van der Waals surface area (Å²) >= 11 is 0. The van der Waals surface area contributed by atoms with Crippen LogP contribution in [-0.4, -0.2) is 56.6 Å². The average molecular weight is 331 g/mol. The van der Waals surface area contributed by atoms with E-state index >= 15 is 0 Å². The highest BCUT2D eigenvalue weighted by Gasteiger charge is 2.40. The van der Waals surface area contributed by atoms with E-state index in [4.69, 9.17) is 4.74 Å². The third kappa shape index (κ3) is 4.06. The lowest BCUT2D eigenvalue weighted by molar-refractivity contribution is -0.134. The molecule has 0 unspecified atom stereocenters. The van der Waals surface area contributed by atoms with Crippen LogP contribution in [0.1, 0.15) is 13.3 Å². The van der Waals surface area contributed by atoms with Gasteiger partial charge in [0.2, 0.25) is 11.8 Å². The number of carbonyl (C=O) groups excluding carboxylic acids is 2. The predicted octanol–water partition coefficient (Wildman–Crippen LogP) is 1.58. The molecule has 3 rings (SSSR count). The molecule has 2 fully saturated rings. The zero-order valence-corrected chi connectivity index (χ0v) is 14.3. The average Bonchev–Trinajstić information content (AvgIpc) is 3.32. The predicted molar refractivity (Wildman–Crippen MR) is 93.0 cm³/mol. The fourth-order valence-electron chi connectivity index (χ4n) is 3.02. The number of nitrogens with zero attached hydrogens (tertiary/aromatic N) is 2. The van der Waals surface area contributed by atoms with Gasteiger partial charge in [-0.2, -0.15) is 0 Å². The van der Waals surface area contributed by atoms with Crippen molar-refractivity contribution in [1.82, 2.24) is 4.90 Å². The maximum absolute atomic E-state index is 12.1. The summed E-state index contributed by atoms with van der Waals surface area (Å²) in [5.41, 5.74) is 1.88. The van der Waals surface area contributed by atoms with Crippen molar-refractivity contribution in [2.75, 3.05) is 50.1 Å². The number of carbonyl (C=O) groups is 2. The molecule has 130 valence electrons. The minimum Gasteiger partial charge on any atom is -0.378 e. The molecule has 6 heteroatoms. The highest BCUT2D eigenvalue weighted by molar-refractivity contribution is 5.95. The van der Waals surface area contributed by atoms with Gasteiger partial charge in [0.25, 0.3) is 0 Å². The third-order valence-corrected chi connectivity index (χ3v) is 4.71. The van der Waals surface area contributed by atoms with Crippen molar-refractivity contribution in [1.29, 1.82) is 0 Å². The maximum Gasteiger partial charge on any atom is 0.243 e. The summed E-state index contributed by atoms with van der Waals surface area (Å²) < 4.78 is 5.35. The minimum absolute atomic E-state index is 0.0697. The topological polar surface area (TPSA) is 61.9 Å². The molecule has 1 aromatic carbocycles. The first-order chi connectivity index (χ1) is 11.5. The lowest BCUT2D eigenvalue weighted by Crippen LogP contribution is -2.36. The van der Waals surface area contributed by atoms with Crippen molar-refractivity contribution in [3.63, 3.8) is 0 Å². The number of hydrogen-bond acceptors (Lipinski definition) is 4. The monoisotopic (exact) mass is 331 g/mol. The van der Waals surface area contributed by atoms with Crippen molar-refractivity contribution in [3.05, 3.63) is 24.3 Å². The molecule has 0 bridgehead atoms. The van der Waals surface area contributed by atoms with Crippen LogP contribution in [0.2, 0.25) is 0 Å². The first-order valence-corrected chi connectivity index (χ1v) is 8.52. The van der Waals surface area contributed by atoms with Crippen LogP contribution >= 0.6 is 0 Å². The molecule has 2 amide bonds. The van der Waals surface area contributed by atoms with E-state index in [1.165, 1.54) is 4.90 Å². The smallest absolute Gasteiger partial charge is 0.243 e. The summed E-state index contributed by atoms with van der Waals surface area (Å²) in [6, 6.07) is 7.80.